The molecule has 0 radical (unpaired) electrons. The molecule has 1 heterocycles. The highest BCUT2D eigenvalue weighted by Crippen LogP contribution is 2.25. The first kappa shape index (κ1) is 24.2. The van der Waals surface area contributed by atoms with Gasteiger partial charge in [-0.15, -0.1) is 0 Å². The van der Waals surface area contributed by atoms with E-state index in [1.54, 1.807) is 18.2 Å². The van der Waals surface area contributed by atoms with E-state index in [0.717, 1.165) is 5.69 Å². The van der Waals surface area contributed by atoms with Gasteiger partial charge in [-0.3, -0.25) is 14.5 Å². The van der Waals surface area contributed by atoms with Crippen LogP contribution < -0.4 is 15.5 Å². The first-order valence-electron chi connectivity index (χ1n) is 10.9. The minimum Gasteiger partial charge on any atom is -0.478 e. The van der Waals surface area contributed by atoms with E-state index in [1.165, 1.54) is 24.3 Å². The van der Waals surface area contributed by atoms with Gasteiger partial charge >= 0.3 is 5.97 Å². The van der Waals surface area contributed by atoms with Crippen LogP contribution in [0.1, 0.15) is 30.6 Å². The molecule has 2 aromatic carbocycles. The molecule has 0 saturated carbocycles. The topological polar surface area (TPSA) is 102 Å². The molecule has 2 aromatic rings. The van der Waals surface area contributed by atoms with Crippen LogP contribution in [0.2, 0.25) is 0 Å². The van der Waals surface area contributed by atoms with Gasteiger partial charge in [-0.1, -0.05) is 13.8 Å². The monoisotopic (exact) mass is 456 g/mol. The highest BCUT2D eigenvalue weighted by Gasteiger charge is 2.21. The second kappa shape index (κ2) is 10.9. The average Bonchev–Trinajstić information content (AvgIpc) is 2.75. The summed E-state index contributed by atoms with van der Waals surface area (Å²) in [4.78, 5) is 40.2. The van der Waals surface area contributed by atoms with Crippen molar-refractivity contribution in [2.45, 2.75) is 20.3 Å². The highest BCUT2D eigenvalue weighted by molar-refractivity contribution is 6.01. The second-order valence-corrected chi connectivity index (χ2v) is 8.50. The highest BCUT2D eigenvalue weighted by atomic mass is 19.1. The molecule has 0 aromatic heterocycles. The number of rotatable bonds is 8. The predicted molar refractivity (Wildman–Crippen MR) is 125 cm³/mol. The molecular formula is C24H29FN4O4. The molecular weight excluding hydrogens is 427 g/mol. The number of benzene rings is 2. The Balaban J connectivity index is 1.56. The van der Waals surface area contributed by atoms with Crippen molar-refractivity contribution in [2.75, 3.05) is 48.3 Å². The summed E-state index contributed by atoms with van der Waals surface area (Å²) < 4.78 is 13.0. The fourth-order valence-corrected chi connectivity index (χ4v) is 3.69. The molecule has 0 aliphatic carbocycles. The Kier molecular flexibility index (Phi) is 8.00. The Bertz CT molecular complexity index is 1000. The van der Waals surface area contributed by atoms with Crippen molar-refractivity contribution >= 4 is 34.8 Å². The molecule has 0 bridgehead atoms. The molecule has 3 N–H and O–H groups in total. The molecule has 33 heavy (non-hydrogen) atoms. The summed E-state index contributed by atoms with van der Waals surface area (Å²) in [5, 5.41) is 15.1. The number of anilines is 3. The maximum atomic E-state index is 13.0. The number of nitrogens with one attached hydrogen (secondary N) is 2. The van der Waals surface area contributed by atoms with E-state index in [4.69, 9.17) is 0 Å². The fraction of sp³-hybridized carbons (Fsp3) is 0.375. The minimum atomic E-state index is -1.10. The number of piperazine rings is 1. The Labute approximate surface area is 192 Å². The van der Waals surface area contributed by atoms with Crippen LogP contribution >= 0.6 is 0 Å². The number of halogens is 1. The Hall–Kier alpha value is -3.46. The minimum absolute atomic E-state index is 0.0470. The Morgan fingerprint density at radius 2 is 1.64 bits per heavy atom. The van der Waals surface area contributed by atoms with Crippen LogP contribution in [0, 0.1) is 11.7 Å². The third-order valence-electron chi connectivity index (χ3n) is 5.33. The number of hydrogen-bond acceptors (Lipinski definition) is 5. The summed E-state index contributed by atoms with van der Waals surface area (Å²) in [6.07, 6.45) is 0.317. The fourth-order valence-electron chi connectivity index (χ4n) is 3.69. The van der Waals surface area contributed by atoms with Crippen LogP contribution in [0.3, 0.4) is 0 Å². The summed E-state index contributed by atoms with van der Waals surface area (Å²) in [6, 6.07) is 10.6. The maximum absolute atomic E-state index is 13.0. The Morgan fingerprint density at radius 1 is 0.970 bits per heavy atom. The number of aromatic carboxylic acids is 1. The van der Waals surface area contributed by atoms with Crippen molar-refractivity contribution in [2.24, 2.45) is 5.92 Å². The lowest BCUT2D eigenvalue weighted by atomic mass is 10.1. The van der Waals surface area contributed by atoms with Crippen LogP contribution in [0.15, 0.2) is 42.5 Å². The number of nitrogens with zero attached hydrogens (tertiary/aromatic N) is 2. The van der Waals surface area contributed by atoms with Crippen molar-refractivity contribution in [3.05, 3.63) is 53.8 Å². The SMILES string of the molecule is CC(C)CC(=O)Nc1ccc(N2CCN(CC(=O)Nc3ccc(F)cc3)CC2)cc1C(=O)O. The van der Waals surface area contributed by atoms with Gasteiger partial charge in [0.2, 0.25) is 11.8 Å². The standard InChI is InChI=1S/C24H29FN4O4/c1-16(2)13-22(30)27-21-8-7-19(14-20(21)24(32)33)29-11-9-28(10-12-29)15-23(31)26-18-5-3-17(25)4-6-18/h3-8,14,16H,9-13,15H2,1-2H3,(H,26,31)(H,27,30)(H,32,33). The lowest BCUT2D eigenvalue weighted by Gasteiger charge is -2.36. The zero-order valence-corrected chi connectivity index (χ0v) is 18.8. The number of carbonyl (C=O) groups excluding carboxylic acids is 2. The molecule has 8 nitrogen and oxygen atoms in total. The van der Waals surface area contributed by atoms with Crippen molar-refractivity contribution in [1.82, 2.24) is 4.90 Å². The van der Waals surface area contributed by atoms with E-state index in [-0.39, 0.29) is 41.3 Å². The molecule has 9 heteroatoms. The number of carboxylic acid groups (broad SMARTS) is 1. The van der Waals surface area contributed by atoms with Gasteiger partial charge in [0.05, 0.1) is 17.8 Å². The van der Waals surface area contributed by atoms with Gasteiger partial charge in [0.1, 0.15) is 5.82 Å². The van der Waals surface area contributed by atoms with Gasteiger partial charge < -0.3 is 20.6 Å². The first-order valence-corrected chi connectivity index (χ1v) is 10.9. The molecule has 176 valence electrons. The third-order valence-corrected chi connectivity index (χ3v) is 5.33. The summed E-state index contributed by atoms with van der Waals surface area (Å²) in [5.74, 6) is -1.68. The van der Waals surface area contributed by atoms with Gasteiger partial charge in [-0.25, -0.2) is 9.18 Å². The zero-order chi connectivity index (χ0) is 24.0. The van der Waals surface area contributed by atoms with E-state index in [9.17, 15) is 23.9 Å². The van der Waals surface area contributed by atoms with Gasteiger partial charge in [0, 0.05) is 44.0 Å². The summed E-state index contributed by atoms with van der Waals surface area (Å²) in [7, 11) is 0. The zero-order valence-electron chi connectivity index (χ0n) is 18.8. The second-order valence-electron chi connectivity index (χ2n) is 8.50. The first-order chi connectivity index (χ1) is 15.7. The number of amides is 2. The molecule has 1 fully saturated rings. The van der Waals surface area contributed by atoms with Crippen LogP contribution in [-0.4, -0.2) is 60.5 Å². The molecule has 0 atom stereocenters. The predicted octanol–water partition coefficient (Wildman–Crippen LogP) is 3.27. The average molecular weight is 457 g/mol. The smallest absolute Gasteiger partial charge is 0.337 e. The number of carbonyl (C=O) groups is 3. The third kappa shape index (κ3) is 7.01. The molecule has 3 rings (SSSR count). The molecule has 2 amide bonds. The number of carboxylic acids is 1. The molecule has 1 aliphatic heterocycles. The molecule has 0 unspecified atom stereocenters. The van der Waals surface area contributed by atoms with Crippen LogP contribution in [0.25, 0.3) is 0 Å². The van der Waals surface area contributed by atoms with Gasteiger partial charge in [0.25, 0.3) is 0 Å². The lowest BCUT2D eigenvalue weighted by Crippen LogP contribution is -2.48. The van der Waals surface area contributed by atoms with E-state index in [2.05, 4.69) is 15.5 Å². The summed E-state index contributed by atoms with van der Waals surface area (Å²) in [6.45, 7) is 6.58. The summed E-state index contributed by atoms with van der Waals surface area (Å²) in [5.41, 5.74) is 1.63. The maximum Gasteiger partial charge on any atom is 0.337 e. The van der Waals surface area contributed by atoms with Crippen molar-refractivity contribution < 1.29 is 23.9 Å². The van der Waals surface area contributed by atoms with Crippen LogP contribution in [0.4, 0.5) is 21.5 Å². The number of hydrogen-bond donors (Lipinski definition) is 3. The molecule has 1 aliphatic rings. The van der Waals surface area contributed by atoms with E-state index >= 15 is 0 Å². The van der Waals surface area contributed by atoms with E-state index in [1.807, 2.05) is 18.7 Å². The summed E-state index contributed by atoms with van der Waals surface area (Å²) >= 11 is 0. The molecule has 1 saturated heterocycles. The van der Waals surface area contributed by atoms with Crippen molar-refractivity contribution in [1.29, 1.82) is 0 Å². The normalized spacial score (nSPS) is 14.2. The van der Waals surface area contributed by atoms with Crippen LogP contribution in [-0.2, 0) is 9.59 Å². The lowest BCUT2D eigenvalue weighted by molar-refractivity contribution is -0.118. The van der Waals surface area contributed by atoms with Gasteiger partial charge in [0.15, 0.2) is 0 Å². The van der Waals surface area contributed by atoms with Crippen molar-refractivity contribution in [3.63, 3.8) is 0 Å². The largest absolute Gasteiger partial charge is 0.478 e. The van der Waals surface area contributed by atoms with Gasteiger partial charge in [-0.2, -0.15) is 0 Å². The quantitative estimate of drug-likeness (QED) is 0.564. The van der Waals surface area contributed by atoms with E-state index in [0.29, 0.717) is 38.3 Å². The Morgan fingerprint density at radius 3 is 2.24 bits per heavy atom. The van der Waals surface area contributed by atoms with Crippen molar-refractivity contribution in [3.8, 4) is 0 Å². The van der Waals surface area contributed by atoms with E-state index < -0.39 is 5.97 Å². The molecule has 0 spiro atoms. The van der Waals surface area contributed by atoms with Gasteiger partial charge in [-0.05, 0) is 48.4 Å². The van der Waals surface area contributed by atoms with Crippen LogP contribution in [0.5, 0.6) is 0 Å².